The van der Waals surface area contributed by atoms with E-state index in [2.05, 4.69) is 71.1 Å². The molecular formula is C26H23NS. The van der Waals surface area contributed by atoms with Crippen molar-refractivity contribution < 1.29 is 0 Å². The first-order valence-electron chi connectivity index (χ1n) is 10.0. The predicted molar refractivity (Wildman–Crippen MR) is 122 cm³/mol. The largest absolute Gasteiger partial charge is 0.264 e. The number of thiophene rings is 1. The highest BCUT2D eigenvalue weighted by molar-refractivity contribution is 7.11. The van der Waals surface area contributed by atoms with Crippen LogP contribution in [-0.2, 0) is 12.8 Å². The van der Waals surface area contributed by atoms with E-state index in [1.54, 1.807) is 22.5 Å². The minimum Gasteiger partial charge on any atom is -0.264 e. The van der Waals surface area contributed by atoms with E-state index in [4.69, 9.17) is 0 Å². The van der Waals surface area contributed by atoms with E-state index in [1.807, 2.05) is 12.4 Å². The second-order valence-electron chi connectivity index (χ2n) is 7.45. The smallest absolute Gasteiger partial charge is 0.0488 e. The number of aryl methyl sites for hydroxylation is 1. The molecule has 1 aliphatic heterocycles. The first-order valence-corrected chi connectivity index (χ1v) is 10.9. The van der Waals surface area contributed by atoms with Gasteiger partial charge < -0.3 is 0 Å². The molecule has 0 saturated heterocycles. The van der Waals surface area contributed by atoms with Crippen molar-refractivity contribution in [3.05, 3.63) is 99.4 Å². The minimum absolute atomic E-state index is 1.03. The zero-order valence-electron chi connectivity index (χ0n) is 15.9. The maximum absolute atomic E-state index is 4.09. The van der Waals surface area contributed by atoms with Crippen molar-refractivity contribution in [3.8, 4) is 0 Å². The van der Waals surface area contributed by atoms with Crippen molar-refractivity contribution in [1.82, 2.24) is 0 Å². The van der Waals surface area contributed by atoms with E-state index in [1.165, 1.54) is 58.0 Å². The van der Waals surface area contributed by atoms with Gasteiger partial charge in [-0.2, -0.15) is 0 Å². The Morgan fingerprint density at radius 3 is 2.86 bits per heavy atom. The van der Waals surface area contributed by atoms with E-state index in [9.17, 15) is 0 Å². The van der Waals surface area contributed by atoms with Crippen LogP contribution in [0.1, 0.15) is 40.8 Å². The van der Waals surface area contributed by atoms with Crippen LogP contribution in [0.3, 0.4) is 0 Å². The molecule has 0 spiro atoms. The predicted octanol–water partition coefficient (Wildman–Crippen LogP) is 7.13. The quantitative estimate of drug-likeness (QED) is 0.393. The van der Waals surface area contributed by atoms with Crippen LogP contribution in [0.5, 0.6) is 0 Å². The molecule has 3 aliphatic rings. The van der Waals surface area contributed by atoms with Crippen LogP contribution in [0.4, 0.5) is 0 Å². The fourth-order valence-electron chi connectivity index (χ4n) is 4.37. The zero-order chi connectivity index (χ0) is 18.8. The number of fused-ring (bicyclic) bond motifs is 5. The van der Waals surface area contributed by atoms with Gasteiger partial charge in [0, 0.05) is 17.3 Å². The fourth-order valence-corrected chi connectivity index (χ4v) is 5.17. The molecule has 0 N–H and O–H groups in total. The molecule has 2 aliphatic carbocycles. The number of aliphatic imine (C=N–C) groups is 1. The van der Waals surface area contributed by atoms with Crippen LogP contribution in [0, 0.1) is 0 Å². The molecule has 138 valence electrons. The lowest BCUT2D eigenvalue weighted by atomic mass is 9.80. The Bertz CT molecular complexity index is 1140. The van der Waals surface area contributed by atoms with Gasteiger partial charge in [0.25, 0.3) is 0 Å². The second kappa shape index (κ2) is 7.73. The van der Waals surface area contributed by atoms with E-state index >= 15 is 0 Å². The average Bonchev–Trinajstić information content (AvgIpc) is 3.09. The van der Waals surface area contributed by atoms with Crippen molar-refractivity contribution in [1.29, 1.82) is 0 Å². The summed E-state index contributed by atoms with van der Waals surface area (Å²) in [5, 5.41) is 4.93. The number of allylic oxidation sites excluding steroid dienone is 5. The topological polar surface area (TPSA) is 12.4 Å². The summed E-state index contributed by atoms with van der Waals surface area (Å²) in [5.74, 6) is 0. The monoisotopic (exact) mass is 381 g/mol. The molecule has 0 amide bonds. The summed E-state index contributed by atoms with van der Waals surface area (Å²) in [7, 11) is 0. The summed E-state index contributed by atoms with van der Waals surface area (Å²) in [6.45, 7) is 0. The summed E-state index contributed by atoms with van der Waals surface area (Å²) in [6.07, 6.45) is 16.5. The molecular weight excluding hydrogens is 358 g/mol. The molecule has 0 radical (unpaired) electrons. The van der Waals surface area contributed by atoms with Crippen molar-refractivity contribution in [2.24, 2.45) is 4.99 Å². The van der Waals surface area contributed by atoms with Crippen molar-refractivity contribution >= 4 is 33.9 Å². The van der Waals surface area contributed by atoms with Gasteiger partial charge in [0.2, 0.25) is 0 Å². The molecule has 0 fully saturated rings. The summed E-state index contributed by atoms with van der Waals surface area (Å²) in [6, 6.07) is 15.5. The maximum atomic E-state index is 4.09. The van der Waals surface area contributed by atoms with E-state index in [0.29, 0.717) is 0 Å². The van der Waals surface area contributed by atoms with Crippen LogP contribution in [0.25, 0.3) is 16.3 Å². The third-order valence-corrected chi connectivity index (χ3v) is 6.68. The molecule has 28 heavy (non-hydrogen) atoms. The molecule has 2 heteroatoms. The lowest BCUT2D eigenvalue weighted by Gasteiger charge is -2.25. The first-order chi connectivity index (χ1) is 13.9. The van der Waals surface area contributed by atoms with E-state index in [-0.39, 0.29) is 0 Å². The molecule has 1 aromatic heterocycles. The Balaban J connectivity index is 0.000000145. The number of rotatable bonds is 0. The van der Waals surface area contributed by atoms with Gasteiger partial charge >= 0.3 is 0 Å². The lowest BCUT2D eigenvalue weighted by Crippen LogP contribution is -2.06. The second-order valence-corrected chi connectivity index (χ2v) is 8.40. The van der Waals surface area contributed by atoms with Crippen molar-refractivity contribution in [3.63, 3.8) is 0 Å². The Morgan fingerprint density at radius 1 is 0.893 bits per heavy atom. The number of nitrogens with zero attached hydrogens (tertiary/aromatic N) is 1. The normalized spacial score (nSPS) is 16.7. The van der Waals surface area contributed by atoms with Crippen molar-refractivity contribution in [2.75, 3.05) is 0 Å². The van der Waals surface area contributed by atoms with Crippen LogP contribution >= 0.6 is 11.3 Å². The van der Waals surface area contributed by atoms with Gasteiger partial charge in [-0.1, -0.05) is 60.2 Å². The van der Waals surface area contributed by atoms with Gasteiger partial charge in [-0.3, -0.25) is 4.99 Å². The van der Waals surface area contributed by atoms with Crippen molar-refractivity contribution in [2.45, 2.75) is 32.1 Å². The molecule has 0 bridgehead atoms. The molecule has 0 unspecified atom stereocenters. The number of hydrogen-bond acceptors (Lipinski definition) is 2. The SMILES string of the molecule is C1=CC2=C(CC1)CCc1c2ccc2ccccc12.C1=CN=Cc2sccc2C1. The molecule has 1 nitrogen and oxygen atoms in total. The third-order valence-electron chi connectivity index (χ3n) is 5.79. The number of benzene rings is 2. The van der Waals surface area contributed by atoms with Crippen LogP contribution in [0.15, 0.2) is 82.8 Å². The highest BCUT2D eigenvalue weighted by Gasteiger charge is 2.20. The van der Waals surface area contributed by atoms with Gasteiger partial charge in [0.15, 0.2) is 0 Å². The summed E-state index contributed by atoms with van der Waals surface area (Å²) >= 11 is 1.75. The van der Waals surface area contributed by atoms with E-state index in [0.717, 1.165) is 6.42 Å². The summed E-state index contributed by atoms with van der Waals surface area (Å²) in [4.78, 5) is 5.39. The van der Waals surface area contributed by atoms with Gasteiger partial charge in [-0.05, 0) is 76.6 Å². The van der Waals surface area contributed by atoms with Gasteiger partial charge in [-0.25, -0.2) is 0 Å². The van der Waals surface area contributed by atoms with Crippen LogP contribution < -0.4 is 0 Å². The molecule has 0 saturated carbocycles. The van der Waals surface area contributed by atoms with Gasteiger partial charge in [0.1, 0.15) is 0 Å². The lowest BCUT2D eigenvalue weighted by molar-refractivity contribution is 0.831. The van der Waals surface area contributed by atoms with Gasteiger partial charge in [0.05, 0.1) is 0 Å². The highest BCUT2D eigenvalue weighted by Crippen LogP contribution is 2.39. The zero-order valence-corrected chi connectivity index (χ0v) is 16.7. The molecule has 2 heterocycles. The Hall–Kier alpha value is -2.71. The van der Waals surface area contributed by atoms with E-state index < -0.39 is 0 Å². The maximum Gasteiger partial charge on any atom is 0.0488 e. The Kier molecular flexibility index (Phi) is 4.80. The third kappa shape index (κ3) is 3.29. The Morgan fingerprint density at radius 2 is 1.86 bits per heavy atom. The molecule has 3 aromatic rings. The number of hydrogen-bond donors (Lipinski definition) is 0. The minimum atomic E-state index is 1.03. The highest BCUT2D eigenvalue weighted by atomic mass is 32.1. The summed E-state index contributed by atoms with van der Waals surface area (Å²) < 4.78 is 0. The fraction of sp³-hybridized carbons (Fsp3) is 0.192. The first kappa shape index (κ1) is 17.4. The van der Waals surface area contributed by atoms with Crippen LogP contribution in [-0.4, -0.2) is 6.21 Å². The van der Waals surface area contributed by atoms with Crippen LogP contribution in [0.2, 0.25) is 0 Å². The molecule has 6 rings (SSSR count). The molecule has 2 aromatic carbocycles. The molecule has 0 atom stereocenters. The average molecular weight is 382 g/mol. The Labute approximate surface area is 170 Å². The standard InChI is InChI=1S/C18H16.C8H7NS/c1-3-7-15-13(5-1)9-11-18-16-8-4-2-6-14(16)10-12-17(15)18;1-2-7-3-5-10-8(7)6-9-4-1/h1,3-5,7-9,11H,2,6,10,12H2;1,3-6H,2H2. The van der Waals surface area contributed by atoms with Gasteiger partial charge in [-0.15, -0.1) is 11.3 Å². The summed E-state index contributed by atoms with van der Waals surface area (Å²) in [5.41, 5.74) is 7.60.